The van der Waals surface area contributed by atoms with Crippen LogP contribution in [0.15, 0.2) is 41.9 Å². The third-order valence-corrected chi connectivity index (χ3v) is 4.16. The van der Waals surface area contributed by atoms with Crippen molar-refractivity contribution in [3.05, 3.63) is 41.9 Å². The first kappa shape index (κ1) is 8.18. The van der Waals surface area contributed by atoms with Crippen LogP contribution in [0.5, 0.6) is 0 Å². The van der Waals surface area contributed by atoms with E-state index >= 15 is 0 Å². The van der Waals surface area contributed by atoms with Gasteiger partial charge in [0.15, 0.2) is 0 Å². The zero-order valence-corrected chi connectivity index (χ0v) is 7.61. The van der Waals surface area contributed by atoms with E-state index < -0.39 is 12.7 Å². The predicted molar refractivity (Wildman–Crippen MR) is 43.4 cm³/mol. The van der Waals surface area contributed by atoms with Crippen molar-refractivity contribution in [3.63, 3.8) is 0 Å². The Morgan fingerprint density at radius 2 is 1.73 bits per heavy atom. The molecule has 0 saturated heterocycles. The summed E-state index contributed by atoms with van der Waals surface area (Å²) in [6, 6.07) is 8.31. The van der Waals surface area contributed by atoms with Crippen LogP contribution in [-0.4, -0.2) is 12.7 Å². The summed E-state index contributed by atoms with van der Waals surface area (Å²) in [6.45, 7) is 3.25. The second kappa shape index (κ2) is 2.99. The second-order valence-corrected chi connectivity index (χ2v) is 6.00. The Kier molecular flexibility index (Phi) is 2.22. The van der Waals surface area contributed by atoms with Gasteiger partial charge >= 0.3 is 66.7 Å². The SMILES string of the molecule is C=C[Se](=O)(=O)c1ccccc1. The van der Waals surface area contributed by atoms with Crippen LogP contribution in [0.25, 0.3) is 0 Å². The van der Waals surface area contributed by atoms with Gasteiger partial charge in [0.05, 0.1) is 0 Å². The molecular formula is C8H8O2Se. The van der Waals surface area contributed by atoms with Crippen LogP contribution in [0.4, 0.5) is 0 Å². The van der Waals surface area contributed by atoms with E-state index in [2.05, 4.69) is 6.58 Å². The molecule has 3 heteroatoms. The first-order chi connectivity index (χ1) is 5.17. The Morgan fingerprint density at radius 1 is 1.18 bits per heavy atom. The van der Waals surface area contributed by atoms with Crippen molar-refractivity contribution in [3.8, 4) is 0 Å². The molecule has 1 aromatic carbocycles. The van der Waals surface area contributed by atoms with E-state index in [-0.39, 0.29) is 0 Å². The van der Waals surface area contributed by atoms with Crippen LogP contribution < -0.4 is 4.46 Å². The molecule has 1 aromatic rings. The van der Waals surface area contributed by atoms with Crippen molar-refractivity contribution in [1.29, 1.82) is 0 Å². The van der Waals surface area contributed by atoms with E-state index in [0.29, 0.717) is 4.46 Å². The van der Waals surface area contributed by atoms with E-state index in [1.165, 1.54) is 0 Å². The van der Waals surface area contributed by atoms with Crippen molar-refractivity contribution in [2.75, 3.05) is 0 Å². The third-order valence-electron chi connectivity index (χ3n) is 1.29. The summed E-state index contributed by atoms with van der Waals surface area (Å²) in [7, 11) is 0. The number of benzene rings is 1. The van der Waals surface area contributed by atoms with Gasteiger partial charge in [-0.25, -0.2) is 0 Å². The Morgan fingerprint density at radius 3 is 2.18 bits per heavy atom. The van der Waals surface area contributed by atoms with Gasteiger partial charge < -0.3 is 0 Å². The standard InChI is InChI=1S/C8H8O2Se/c1-2-11(9,10)8-6-4-3-5-7-8/h2-7H,1H2. The molecule has 58 valence electrons. The van der Waals surface area contributed by atoms with Gasteiger partial charge in [0.2, 0.25) is 0 Å². The van der Waals surface area contributed by atoms with Crippen LogP contribution in [0, 0.1) is 0 Å². The van der Waals surface area contributed by atoms with Gasteiger partial charge in [-0.2, -0.15) is 0 Å². The maximum atomic E-state index is 11.2. The molecule has 0 fully saturated rings. The molecule has 0 atom stereocenters. The van der Waals surface area contributed by atoms with Crippen molar-refractivity contribution in [2.45, 2.75) is 0 Å². The third kappa shape index (κ3) is 1.76. The van der Waals surface area contributed by atoms with E-state index in [0.717, 1.165) is 4.97 Å². The zero-order valence-electron chi connectivity index (χ0n) is 5.90. The molecule has 0 aliphatic carbocycles. The van der Waals surface area contributed by atoms with E-state index in [1.54, 1.807) is 30.3 Å². The molecule has 0 bridgehead atoms. The summed E-state index contributed by atoms with van der Waals surface area (Å²) in [5.74, 6) is 0. The zero-order chi connectivity index (χ0) is 8.32. The predicted octanol–water partition coefficient (Wildman–Crippen LogP) is 0.922. The maximum absolute atomic E-state index is 11.2. The molecule has 0 heterocycles. The first-order valence-electron chi connectivity index (χ1n) is 3.09. The van der Waals surface area contributed by atoms with Crippen molar-refractivity contribution >= 4 is 17.2 Å². The Hall–Kier alpha value is -0.921. The van der Waals surface area contributed by atoms with Crippen molar-refractivity contribution in [1.82, 2.24) is 0 Å². The molecule has 0 unspecified atom stereocenters. The van der Waals surface area contributed by atoms with E-state index in [9.17, 15) is 7.67 Å². The first-order valence-corrected chi connectivity index (χ1v) is 6.34. The average Bonchev–Trinajstić information content (AvgIpc) is 2.06. The molecule has 0 spiro atoms. The molecule has 0 aliphatic rings. The van der Waals surface area contributed by atoms with Gasteiger partial charge in [0, 0.05) is 0 Å². The molecule has 0 amide bonds. The molecule has 2 nitrogen and oxygen atoms in total. The minimum absolute atomic E-state index is 0.360. The van der Waals surface area contributed by atoms with Crippen LogP contribution >= 0.6 is 0 Å². The van der Waals surface area contributed by atoms with Gasteiger partial charge in [-0.15, -0.1) is 0 Å². The van der Waals surface area contributed by atoms with Gasteiger partial charge in [-0.1, -0.05) is 0 Å². The molecule has 0 saturated carbocycles. The Balaban J connectivity index is 3.24. The topological polar surface area (TPSA) is 34.1 Å². The fourth-order valence-electron chi connectivity index (χ4n) is 0.706. The summed E-state index contributed by atoms with van der Waals surface area (Å²) in [5.41, 5.74) is 0. The van der Waals surface area contributed by atoms with Crippen molar-refractivity contribution in [2.24, 2.45) is 0 Å². The summed E-state index contributed by atoms with van der Waals surface area (Å²) in [6.07, 6.45) is 0. The van der Waals surface area contributed by atoms with E-state index in [1.807, 2.05) is 0 Å². The summed E-state index contributed by atoms with van der Waals surface area (Å²) in [4.78, 5) is 1.02. The van der Waals surface area contributed by atoms with E-state index in [4.69, 9.17) is 0 Å². The second-order valence-electron chi connectivity index (χ2n) is 2.02. The normalized spacial score (nSPS) is 10.9. The molecule has 0 aromatic heterocycles. The number of hydrogen-bond donors (Lipinski definition) is 0. The molecule has 0 radical (unpaired) electrons. The molecule has 1 rings (SSSR count). The molecular weight excluding hydrogens is 207 g/mol. The van der Waals surface area contributed by atoms with Gasteiger partial charge in [0.1, 0.15) is 0 Å². The summed E-state index contributed by atoms with van der Waals surface area (Å²) >= 11 is -3.96. The minimum atomic E-state index is -3.96. The van der Waals surface area contributed by atoms with Gasteiger partial charge in [-0.05, 0) is 0 Å². The Bertz CT molecular complexity index is 338. The fourth-order valence-corrected chi connectivity index (χ4v) is 2.24. The molecule has 11 heavy (non-hydrogen) atoms. The number of rotatable bonds is 2. The van der Waals surface area contributed by atoms with Crippen LogP contribution in [0.1, 0.15) is 0 Å². The van der Waals surface area contributed by atoms with Gasteiger partial charge in [0.25, 0.3) is 0 Å². The number of hydrogen-bond acceptors (Lipinski definition) is 2. The van der Waals surface area contributed by atoms with Crippen LogP contribution in [0.3, 0.4) is 0 Å². The quantitative estimate of drug-likeness (QED) is 0.687. The summed E-state index contributed by atoms with van der Waals surface area (Å²) < 4.78 is 22.7. The monoisotopic (exact) mass is 216 g/mol. The average molecular weight is 215 g/mol. The van der Waals surface area contributed by atoms with Gasteiger partial charge in [-0.3, -0.25) is 0 Å². The summed E-state index contributed by atoms with van der Waals surface area (Å²) in [5, 5.41) is 0. The fraction of sp³-hybridized carbons (Fsp3) is 0. The van der Waals surface area contributed by atoms with Crippen LogP contribution in [-0.2, 0) is 7.67 Å². The molecule has 0 aliphatic heterocycles. The molecule has 0 N–H and O–H groups in total. The Labute approximate surface area is 67.2 Å². The van der Waals surface area contributed by atoms with Crippen LogP contribution in [0.2, 0.25) is 0 Å². The van der Waals surface area contributed by atoms with Crippen molar-refractivity contribution < 1.29 is 7.67 Å².